The first-order chi connectivity index (χ1) is 11.0. The molecular formula is C18H23NO4. The molecule has 1 aliphatic rings. The van der Waals surface area contributed by atoms with Gasteiger partial charge in [0.25, 0.3) is 0 Å². The Morgan fingerprint density at radius 2 is 1.70 bits per heavy atom. The largest absolute Gasteiger partial charge is 0.497 e. The summed E-state index contributed by atoms with van der Waals surface area (Å²) in [4.78, 5) is 24.7. The lowest BCUT2D eigenvalue weighted by atomic mass is 9.82. The van der Waals surface area contributed by atoms with Gasteiger partial charge in [0, 0.05) is 5.69 Å². The van der Waals surface area contributed by atoms with Crippen molar-refractivity contribution < 1.29 is 19.1 Å². The molecule has 5 heteroatoms. The second kappa shape index (κ2) is 7.81. The Labute approximate surface area is 136 Å². The number of anilines is 1. The number of benzene rings is 1. The summed E-state index contributed by atoms with van der Waals surface area (Å²) in [6, 6.07) is 7.11. The first-order valence-corrected chi connectivity index (χ1v) is 7.81. The van der Waals surface area contributed by atoms with Crippen molar-refractivity contribution in [3.8, 4) is 5.75 Å². The fourth-order valence-electron chi connectivity index (χ4n) is 2.59. The molecule has 0 saturated heterocycles. The third-order valence-electron chi connectivity index (χ3n) is 3.78. The second-order valence-corrected chi connectivity index (χ2v) is 5.86. The molecule has 1 aromatic rings. The number of allylic oxidation sites excluding steroid dienone is 2. The highest BCUT2D eigenvalue weighted by Gasteiger charge is 2.35. The van der Waals surface area contributed by atoms with Crippen molar-refractivity contribution in [1.29, 1.82) is 0 Å². The first kappa shape index (κ1) is 17.1. The monoisotopic (exact) mass is 317 g/mol. The zero-order valence-corrected chi connectivity index (χ0v) is 13.7. The SMILES string of the molecule is COc1ccc(NC(=O)C2CC=CCC2C(=O)OC(C)C)cc1. The normalized spacial score (nSPS) is 20.2. The van der Waals surface area contributed by atoms with Crippen LogP contribution in [0, 0.1) is 11.8 Å². The van der Waals surface area contributed by atoms with Gasteiger partial charge in [-0.05, 0) is 51.0 Å². The lowest BCUT2D eigenvalue weighted by Gasteiger charge is -2.26. The van der Waals surface area contributed by atoms with E-state index >= 15 is 0 Å². The van der Waals surface area contributed by atoms with Crippen molar-refractivity contribution in [2.45, 2.75) is 32.8 Å². The number of amides is 1. The minimum atomic E-state index is -0.430. The number of carbonyl (C=O) groups is 2. The van der Waals surface area contributed by atoms with Crippen LogP contribution in [-0.4, -0.2) is 25.1 Å². The van der Waals surface area contributed by atoms with E-state index in [1.54, 1.807) is 31.4 Å². The van der Waals surface area contributed by atoms with E-state index in [1.807, 2.05) is 26.0 Å². The molecule has 5 nitrogen and oxygen atoms in total. The summed E-state index contributed by atoms with van der Waals surface area (Å²) in [6.45, 7) is 3.62. The molecule has 0 radical (unpaired) electrons. The minimum Gasteiger partial charge on any atom is -0.497 e. The molecule has 23 heavy (non-hydrogen) atoms. The van der Waals surface area contributed by atoms with Gasteiger partial charge in [-0.3, -0.25) is 9.59 Å². The van der Waals surface area contributed by atoms with Crippen molar-refractivity contribution in [2.75, 3.05) is 12.4 Å². The van der Waals surface area contributed by atoms with E-state index < -0.39 is 11.8 Å². The van der Waals surface area contributed by atoms with Gasteiger partial charge in [0.15, 0.2) is 0 Å². The van der Waals surface area contributed by atoms with Gasteiger partial charge in [0.1, 0.15) is 5.75 Å². The van der Waals surface area contributed by atoms with Gasteiger partial charge in [-0.1, -0.05) is 12.2 Å². The predicted octanol–water partition coefficient (Wildman–Crippen LogP) is 3.17. The summed E-state index contributed by atoms with van der Waals surface area (Å²) < 4.78 is 10.4. The molecule has 2 unspecified atom stereocenters. The van der Waals surface area contributed by atoms with Crippen LogP contribution in [0.15, 0.2) is 36.4 Å². The zero-order valence-electron chi connectivity index (χ0n) is 13.7. The Morgan fingerprint density at radius 3 is 2.26 bits per heavy atom. The molecule has 0 aliphatic heterocycles. The first-order valence-electron chi connectivity index (χ1n) is 7.81. The summed E-state index contributed by atoms with van der Waals surface area (Å²) in [5.74, 6) is -0.583. The van der Waals surface area contributed by atoms with Crippen LogP contribution >= 0.6 is 0 Å². The summed E-state index contributed by atoms with van der Waals surface area (Å²) in [6.07, 6.45) is 4.77. The highest BCUT2D eigenvalue weighted by atomic mass is 16.5. The van der Waals surface area contributed by atoms with Gasteiger partial charge in [-0.25, -0.2) is 0 Å². The standard InChI is InChI=1S/C18H23NO4/c1-12(2)23-18(21)16-7-5-4-6-15(16)17(20)19-13-8-10-14(22-3)11-9-13/h4-5,8-12,15-16H,6-7H2,1-3H3,(H,19,20). The molecule has 2 rings (SSSR count). The Kier molecular flexibility index (Phi) is 5.79. The zero-order chi connectivity index (χ0) is 16.8. The summed E-state index contributed by atoms with van der Waals surface area (Å²) in [5.41, 5.74) is 0.682. The summed E-state index contributed by atoms with van der Waals surface area (Å²) in [5, 5.41) is 2.86. The van der Waals surface area contributed by atoms with Gasteiger partial charge < -0.3 is 14.8 Å². The van der Waals surface area contributed by atoms with Crippen LogP contribution in [0.4, 0.5) is 5.69 Å². The predicted molar refractivity (Wildman–Crippen MR) is 88.2 cm³/mol. The number of carbonyl (C=O) groups excluding carboxylic acids is 2. The number of rotatable bonds is 5. The van der Waals surface area contributed by atoms with Crippen LogP contribution in [-0.2, 0) is 14.3 Å². The summed E-state index contributed by atoms with van der Waals surface area (Å²) >= 11 is 0. The molecule has 1 aromatic carbocycles. The lowest BCUT2D eigenvalue weighted by molar-refractivity contribution is -0.156. The molecular weight excluding hydrogens is 294 g/mol. The topological polar surface area (TPSA) is 64.6 Å². The minimum absolute atomic E-state index is 0.162. The third-order valence-corrected chi connectivity index (χ3v) is 3.78. The second-order valence-electron chi connectivity index (χ2n) is 5.86. The van der Waals surface area contributed by atoms with Gasteiger partial charge in [0.2, 0.25) is 5.91 Å². The number of esters is 1. The third kappa shape index (κ3) is 4.58. The van der Waals surface area contributed by atoms with E-state index in [9.17, 15) is 9.59 Å². The molecule has 0 bridgehead atoms. The fourth-order valence-corrected chi connectivity index (χ4v) is 2.59. The van der Waals surface area contributed by atoms with Crippen LogP contribution in [0.3, 0.4) is 0 Å². The fraction of sp³-hybridized carbons (Fsp3) is 0.444. The number of methoxy groups -OCH3 is 1. The van der Waals surface area contributed by atoms with E-state index in [0.29, 0.717) is 18.5 Å². The van der Waals surface area contributed by atoms with E-state index in [1.165, 1.54) is 0 Å². The Morgan fingerprint density at radius 1 is 1.09 bits per heavy atom. The molecule has 0 fully saturated rings. The molecule has 0 saturated carbocycles. The Bertz CT molecular complexity index is 577. The average Bonchev–Trinajstić information content (AvgIpc) is 2.55. The molecule has 124 valence electrons. The molecule has 0 spiro atoms. The molecule has 1 N–H and O–H groups in total. The maximum Gasteiger partial charge on any atom is 0.310 e. The van der Waals surface area contributed by atoms with Crippen molar-refractivity contribution in [3.63, 3.8) is 0 Å². The Hall–Kier alpha value is -2.30. The quantitative estimate of drug-likeness (QED) is 0.669. The Balaban J connectivity index is 2.05. The average molecular weight is 317 g/mol. The highest BCUT2D eigenvalue weighted by molar-refractivity contribution is 5.95. The molecule has 0 aromatic heterocycles. The van der Waals surface area contributed by atoms with Crippen molar-refractivity contribution in [2.24, 2.45) is 11.8 Å². The van der Waals surface area contributed by atoms with E-state index in [0.717, 1.165) is 5.75 Å². The van der Waals surface area contributed by atoms with Crippen molar-refractivity contribution in [1.82, 2.24) is 0 Å². The van der Waals surface area contributed by atoms with E-state index in [4.69, 9.17) is 9.47 Å². The van der Waals surface area contributed by atoms with Gasteiger partial charge >= 0.3 is 5.97 Å². The van der Waals surface area contributed by atoms with E-state index in [-0.39, 0.29) is 18.0 Å². The number of hydrogen-bond donors (Lipinski definition) is 1. The van der Waals surface area contributed by atoms with Crippen LogP contribution in [0.25, 0.3) is 0 Å². The summed E-state index contributed by atoms with van der Waals surface area (Å²) in [7, 11) is 1.59. The van der Waals surface area contributed by atoms with Gasteiger partial charge in [0.05, 0.1) is 25.0 Å². The van der Waals surface area contributed by atoms with Crippen LogP contribution in [0.1, 0.15) is 26.7 Å². The molecule has 0 heterocycles. The maximum atomic E-state index is 12.5. The van der Waals surface area contributed by atoms with Crippen LogP contribution in [0.2, 0.25) is 0 Å². The number of ether oxygens (including phenoxy) is 2. The lowest BCUT2D eigenvalue weighted by Crippen LogP contribution is -2.36. The van der Waals surface area contributed by atoms with Gasteiger partial charge in [-0.2, -0.15) is 0 Å². The maximum absolute atomic E-state index is 12.5. The van der Waals surface area contributed by atoms with Crippen LogP contribution < -0.4 is 10.1 Å². The highest BCUT2D eigenvalue weighted by Crippen LogP contribution is 2.28. The smallest absolute Gasteiger partial charge is 0.310 e. The number of nitrogens with one attached hydrogen (secondary N) is 1. The molecule has 2 atom stereocenters. The molecule has 1 aliphatic carbocycles. The van der Waals surface area contributed by atoms with E-state index in [2.05, 4.69) is 5.32 Å². The molecule has 1 amide bonds. The van der Waals surface area contributed by atoms with Crippen molar-refractivity contribution in [3.05, 3.63) is 36.4 Å². The van der Waals surface area contributed by atoms with Gasteiger partial charge in [-0.15, -0.1) is 0 Å². The number of hydrogen-bond acceptors (Lipinski definition) is 4. The van der Waals surface area contributed by atoms with Crippen molar-refractivity contribution >= 4 is 17.6 Å². The van der Waals surface area contributed by atoms with Crippen LogP contribution in [0.5, 0.6) is 5.75 Å².